The van der Waals surface area contributed by atoms with Crippen LogP contribution in [0.3, 0.4) is 0 Å². The van der Waals surface area contributed by atoms with Gasteiger partial charge in [0.05, 0.1) is 0 Å². The lowest BCUT2D eigenvalue weighted by Crippen LogP contribution is -2.36. The largest absolute Gasteiger partial charge is 0.479 e. The zero-order valence-electron chi connectivity index (χ0n) is 7.45. The van der Waals surface area contributed by atoms with E-state index in [1.165, 1.54) is 6.07 Å². The molecule has 0 radical (unpaired) electrons. The number of carbonyl (C=O) groups is 1. The molecule has 0 amide bonds. The molecular weight excluding hydrogens is 242 g/mol. The van der Waals surface area contributed by atoms with Crippen molar-refractivity contribution in [1.82, 2.24) is 4.72 Å². The van der Waals surface area contributed by atoms with Gasteiger partial charge in [0.15, 0.2) is 6.10 Å². The number of aliphatic hydroxyl groups is 1. The summed E-state index contributed by atoms with van der Waals surface area (Å²) in [4.78, 5) is 10.2. The van der Waals surface area contributed by atoms with E-state index in [2.05, 4.69) is 0 Å². The van der Waals surface area contributed by atoms with Gasteiger partial charge in [-0.05, 0) is 11.4 Å². The summed E-state index contributed by atoms with van der Waals surface area (Å²) < 4.78 is 24.9. The molecule has 3 N–H and O–H groups in total. The molecule has 0 bridgehead atoms. The number of carboxylic acids is 1. The Hall–Kier alpha value is -0.960. The molecule has 0 aliphatic heterocycles. The Morgan fingerprint density at radius 1 is 1.60 bits per heavy atom. The highest BCUT2D eigenvalue weighted by Crippen LogP contribution is 2.14. The van der Waals surface area contributed by atoms with Crippen molar-refractivity contribution < 1.29 is 23.4 Å². The molecule has 84 valence electrons. The first-order valence-electron chi connectivity index (χ1n) is 3.87. The predicted molar refractivity (Wildman–Crippen MR) is 53.2 cm³/mol. The van der Waals surface area contributed by atoms with Crippen LogP contribution in [0.4, 0.5) is 0 Å². The summed E-state index contributed by atoms with van der Waals surface area (Å²) in [5.74, 6) is -1.47. The number of aliphatic hydroxyl groups excluding tert-OH is 1. The van der Waals surface area contributed by atoms with E-state index in [0.29, 0.717) is 0 Å². The van der Waals surface area contributed by atoms with E-state index in [4.69, 9.17) is 10.2 Å². The number of carboxylic acid groups (broad SMARTS) is 1. The molecule has 6 nitrogen and oxygen atoms in total. The van der Waals surface area contributed by atoms with Crippen LogP contribution in [0, 0.1) is 0 Å². The van der Waals surface area contributed by atoms with E-state index in [-0.39, 0.29) is 4.21 Å². The van der Waals surface area contributed by atoms with Gasteiger partial charge in [-0.2, -0.15) is 0 Å². The summed E-state index contributed by atoms with van der Waals surface area (Å²) >= 11 is 1.01. The Labute approximate surface area is 90.2 Å². The average Bonchev–Trinajstić information content (AvgIpc) is 2.67. The standard InChI is InChI=1S/C7H9NO5S2/c9-5(7(10)11)4-8-15(12,13)6-2-1-3-14-6/h1-3,5,8-9H,4H2,(H,10,11)/t5-/m0/s1. The first kappa shape index (κ1) is 12.1. The van der Waals surface area contributed by atoms with Crippen molar-refractivity contribution in [2.45, 2.75) is 10.3 Å². The summed E-state index contributed by atoms with van der Waals surface area (Å²) in [6.45, 7) is -0.546. The average molecular weight is 251 g/mol. The van der Waals surface area contributed by atoms with Gasteiger partial charge in [-0.15, -0.1) is 11.3 Å². The zero-order valence-corrected chi connectivity index (χ0v) is 9.09. The smallest absolute Gasteiger partial charge is 0.333 e. The van der Waals surface area contributed by atoms with Gasteiger partial charge in [-0.3, -0.25) is 0 Å². The van der Waals surface area contributed by atoms with E-state index in [1.807, 2.05) is 4.72 Å². The zero-order chi connectivity index (χ0) is 11.5. The van der Waals surface area contributed by atoms with Crippen molar-refractivity contribution in [2.24, 2.45) is 0 Å². The molecule has 1 heterocycles. The van der Waals surface area contributed by atoms with Gasteiger partial charge in [0, 0.05) is 6.54 Å². The van der Waals surface area contributed by atoms with E-state index in [9.17, 15) is 13.2 Å². The minimum atomic E-state index is -3.70. The van der Waals surface area contributed by atoms with Crippen LogP contribution < -0.4 is 4.72 Å². The lowest BCUT2D eigenvalue weighted by molar-refractivity contribution is -0.146. The minimum absolute atomic E-state index is 0.0834. The van der Waals surface area contributed by atoms with Crippen molar-refractivity contribution in [3.05, 3.63) is 17.5 Å². The highest BCUT2D eigenvalue weighted by Gasteiger charge is 2.19. The van der Waals surface area contributed by atoms with Crippen molar-refractivity contribution in [3.8, 4) is 0 Å². The third kappa shape index (κ3) is 3.27. The molecule has 0 aromatic carbocycles. The number of hydrogen-bond acceptors (Lipinski definition) is 5. The lowest BCUT2D eigenvalue weighted by atomic mass is 10.4. The van der Waals surface area contributed by atoms with Crippen LogP contribution >= 0.6 is 11.3 Å². The Kier molecular flexibility index (Phi) is 3.80. The van der Waals surface area contributed by atoms with Crippen LogP contribution in [0.2, 0.25) is 0 Å². The van der Waals surface area contributed by atoms with E-state index < -0.39 is 28.6 Å². The van der Waals surface area contributed by atoms with Gasteiger partial charge >= 0.3 is 5.97 Å². The highest BCUT2D eigenvalue weighted by molar-refractivity contribution is 7.91. The number of sulfonamides is 1. The van der Waals surface area contributed by atoms with Crippen LogP contribution in [0.5, 0.6) is 0 Å². The second-order valence-electron chi connectivity index (χ2n) is 2.64. The van der Waals surface area contributed by atoms with Crippen LogP contribution in [0.15, 0.2) is 21.7 Å². The predicted octanol–water partition coefficient (Wildman–Crippen LogP) is -0.528. The first-order chi connectivity index (χ1) is 6.93. The molecular formula is C7H9NO5S2. The molecule has 0 spiro atoms. The maximum absolute atomic E-state index is 11.4. The molecule has 1 aromatic rings. The Morgan fingerprint density at radius 3 is 2.73 bits per heavy atom. The molecule has 0 saturated carbocycles. The third-order valence-electron chi connectivity index (χ3n) is 1.51. The van der Waals surface area contributed by atoms with Gasteiger partial charge in [0.2, 0.25) is 10.0 Å². The maximum Gasteiger partial charge on any atom is 0.333 e. The second kappa shape index (κ2) is 4.71. The monoisotopic (exact) mass is 251 g/mol. The second-order valence-corrected chi connectivity index (χ2v) is 5.58. The van der Waals surface area contributed by atoms with Crippen molar-refractivity contribution >= 4 is 27.3 Å². The first-order valence-corrected chi connectivity index (χ1v) is 6.24. The van der Waals surface area contributed by atoms with Gasteiger partial charge in [0.25, 0.3) is 0 Å². The summed E-state index contributed by atoms with van der Waals surface area (Å²) in [7, 11) is -3.70. The molecule has 0 unspecified atom stereocenters. The molecule has 1 atom stereocenters. The fraction of sp³-hybridized carbons (Fsp3) is 0.286. The number of hydrogen-bond donors (Lipinski definition) is 3. The Morgan fingerprint density at radius 2 is 2.27 bits per heavy atom. The maximum atomic E-state index is 11.4. The summed E-state index contributed by atoms with van der Waals surface area (Å²) in [5, 5.41) is 18.8. The molecule has 0 fully saturated rings. The minimum Gasteiger partial charge on any atom is -0.479 e. The van der Waals surface area contributed by atoms with Crippen LogP contribution in [-0.2, 0) is 14.8 Å². The van der Waals surface area contributed by atoms with Gasteiger partial charge in [0.1, 0.15) is 4.21 Å². The number of aliphatic carboxylic acids is 1. The van der Waals surface area contributed by atoms with Gasteiger partial charge < -0.3 is 10.2 Å². The molecule has 1 aromatic heterocycles. The molecule has 0 aliphatic carbocycles. The quantitative estimate of drug-likeness (QED) is 0.652. The molecule has 1 rings (SSSR count). The molecule has 0 saturated heterocycles. The molecule has 15 heavy (non-hydrogen) atoms. The SMILES string of the molecule is O=C(O)[C@@H](O)CNS(=O)(=O)c1cccs1. The van der Waals surface area contributed by atoms with E-state index >= 15 is 0 Å². The van der Waals surface area contributed by atoms with Crippen LogP contribution in [0.25, 0.3) is 0 Å². The highest BCUT2D eigenvalue weighted by atomic mass is 32.2. The van der Waals surface area contributed by atoms with Gasteiger partial charge in [-0.1, -0.05) is 6.07 Å². The van der Waals surface area contributed by atoms with Crippen molar-refractivity contribution in [1.29, 1.82) is 0 Å². The summed E-state index contributed by atoms with van der Waals surface area (Å²) in [6, 6.07) is 2.95. The van der Waals surface area contributed by atoms with Crippen LogP contribution in [-0.4, -0.2) is 37.2 Å². The summed E-state index contributed by atoms with van der Waals surface area (Å²) in [6.07, 6.45) is -1.74. The van der Waals surface area contributed by atoms with E-state index in [1.54, 1.807) is 11.4 Å². The third-order valence-corrected chi connectivity index (χ3v) is 4.33. The molecule has 0 aliphatic rings. The molecule has 8 heteroatoms. The fourth-order valence-corrected chi connectivity index (χ4v) is 2.84. The fourth-order valence-electron chi connectivity index (χ4n) is 0.763. The van der Waals surface area contributed by atoms with Crippen molar-refractivity contribution in [3.63, 3.8) is 0 Å². The number of thiophene rings is 1. The van der Waals surface area contributed by atoms with Gasteiger partial charge in [-0.25, -0.2) is 17.9 Å². The number of nitrogens with one attached hydrogen (secondary N) is 1. The Balaban J connectivity index is 2.63. The number of rotatable bonds is 5. The lowest BCUT2D eigenvalue weighted by Gasteiger charge is -2.06. The van der Waals surface area contributed by atoms with Crippen LogP contribution in [0.1, 0.15) is 0 Å². The topological polar surface area (TPSA) is 104 Å². The Bertz CT molecular complexity index is 424. The van der Waals surface area contributed by atoms with E-state index in [0.717, 1.165) is 11.3 Å². The normalized spacial score (nSPS) is 13.7. The van der Waals surface area contributed by atoms with Crippen molar-refractivity contribution in [2.75, 3.05) is 6.54 Å². The summed E-state index contributed by atoms with van der Waals surface area (Å²) in [5.41, 5.74) is 0.